The van der Waals surface area contributed by atoms with Gasteiger partial charge in [0, 0.05) is 24.8 Å². The summed E-state index contributed by atoms with van der Waals surface area (Å²) in [5.41, 5.74) is 2.20. The van der Waals surface area contributed by atoms with Gasteiger partial charge in [0.2, 0.25) is 5.91 Å². The molecule has 126 valence electrons. The highest BCUT2D eigenvalue weighted by atomic mass is 19.4. The summed E-state index contributed by atoms with van der Waals surface area (Å²) in [5.74, 6) is -2.46. The molecule has 0 bridgehead atoms. The lowest BCUT2D eigenvalue weighted by Gasteiger charge is -2.39. The van der Waals surface area contributed by atoms with Gasteiger partial charge in [-0.25, -0.2) is 14.7 Å². The summed E-state index contributed by atoms with van der Waals surface area (Å²) in [6, 6.07) is 4.81. The van der Waals surface area contributed by atoms with Crippen LogP contribution in [-0.4, -0.2) is 33.1 Å². The van der Waals surface area contributed by atoms with Gasteiger partial charge in [-0.15, -0.1) is 0 Å². The van der Waals surface area contributed by atoms with Gasteiger partial charge >= 0.3 is 12.0 Å². The summed E-state index contributed by atoms with van der Waals surface area (Å²) >= 11 is 0. The third-order valence-electron chi connectivity index (χ3n) is 3.19. The predicted molar refractivity (Wildman–Crippen MR) is 76.3 cm³/mol. The van der Waals surface area contributed by atoms with Crippen molar-refractivity contribution in [1.29, 1.82) is 0 Å². The summed E-state index contributed by atoms with van der Waals surface area (Å²) < 4.78 is 44.1. The number of hydrogen-bond acceptors (Lipinski definition) is 5. The van der Waals surface area contributed by atoms with E-state index < -0.39 is 24.3 Å². The van der Waals surface area contributed by atoms with Crippen LogP contribution in [-0.2, 0) is 10.6 Å². The molecule has 0 aliphatic carbocycles. The third-order valence-corrected chi connectivity index (χ3v) is 3.19. The smallest absolute Gasteiger partial charge is 0.397 e. The molecular weight excluding hydrogens is 327 g/mol. The zero-order valence-electron chi connectivity index (χ0n) is 12.1. The summed E-state index contributed by atoms with van der Waals surface area (Å²) in [4.78, 5) is 16.0. The SMILES string of the molecule is O=C(CC(F)(F)F)NN1C=CC=NC1(c1ccco1)n1cccn1. The first-order valence-electron chi connectivity index (χ1n) is 6.83. The zero-order chi connectivity index (χ0) is 17.2. The molecule has 0 aromatic carbocycles. The lowest BCUT2D eigenvalue weighted by Crippen LogP contribution is -2.56. The lowest BCUT2D eigenvalue weighted by molar-refractivity contribution is -0.158. The second-order valence-electron chi connectivity index (χ2n) is 4.88. The average Bonchev–Trinajstić information content (AvgIpc) is 3.20. The molecule has 1 aliphatic heterocycles. The number of carbonyl (C=O) groups excluding carboxylic acids is 1. The number of rotatable bonds is 4. The minimum absolute atomic E-state index is 0.263. The molecule has 3 rings (SSSR count). The van der Waals surface area contributed by atoms with Crippen molar-refractivity contribution in [3.8, 4) is 0 Å². The minimum Gasteiger partial charge on any atom is -0.462 e. The molecule has 0 spiro atoms. The Bertz CT molecular complexity index is 716. The molecule has 1 N–H and O–H groups in total. The summed E-state index contributed by atoms with van der Waals surface area (Å²) in [6.45, 7) is 0. The molecule has 2 aromatic rings. The molecule has 1 amide bonds. The Kier molecular flexibility index (Phi) is 3.87. The van der Waals surface area contributed by atoms with Gasteiger partial charge in [0.15, 0.2) is 5.76 Å². The highest BCUT2D eigenvalue weighted by molar-refractivity contribution is 5.77. The number of amides is 1. The van der Waals surface area contributed by atoms with Crippen LogP contribution in [0.3, 0.4) is 0 Å². The highest BCUT2D eigenvalue weighted by Crippen LogP contribution is 2.33. The van der Waals surface area contributed by atoms with Gasteiger partial charge in [0.1, 0.15) is 6.42 Å². The van der Waals surface area contributed by atoms with Crippen molar-refractivity contribution in [2.45, 2.75) is 18.4 Å². The molecule has 3 heterocycles. The molecule has 0 saturated carbocycles. The molecule has 0 radical (unpaired) electrons. The predicted octanol–water partition coefficient (Wildman–Crippen LogP) is 2.02. The highest BCUT2D eigenvalue weighted by Gasteiger charge is 2.45. The maximum atomic E-state index is 12.4. The Morgan fingerprint density at radius 2 is 2.21 bits per heavy atom. The second kappa shape index (κ2) is 5.87. The number of nitrogens with zero attached hydrogens (tertiary/aromatic N) is 4. The fraction of sp³-hybridized carbons (Fsp3) is 0.214. The maximum Gasteiger partial charge on any atom is 0.397 e. The van der Waals surface area contributed by atoms with Crippen molar-refractivity contribution >= 4 is 12.1 Å². The van der Waals surface area contributed by atoms with E-state index in [1.165, 1.54) is 35.6 Å². The number of halogens is 3. The maximum absolute atomic E-state index is 12.4. The monoisotopic (exact) mass is 339 g/mol. The molecular formula is C14H12F3N5O2. The Morgan fingerprint density at radius 1 is 1.38 bits per heavy atom. The first-order chi connectivity index (χ1) is 11.4. The number of carbonyl (C=O) groups is 1. The van der Waals surface area contributed by atoms with E-state index in [1.54, 1.807) is 24.4 Å². The van der Waals surface area contributed by atoms with Gasteiger partial charge in [-0.05, 0) is 24.3 Å². The van der Waals surface area contributed by atoms with Gasteiger partial charge in [-0.2, -0.15) is 18.3 Å². The number of alkyl halides is 3. The summed E-state index contributed by atoms with van der Waals surface area (Å²) in [6.07, 6.45) is 2.49. The summed E-state index contributed by atoms with van der Waals surface area (Å²) in [5, 5.41) is 5.21. The zero-order valence-corrected chi connectivity index (χ0v) is 12.1. The lowest BCUT2D eigenvalue weighted by atomic mass is 10.2. The van der Waals surface area contributed by atoms with E-state index in [2.05, 4.69) is 15.5 Å². The number of hydrazine groups is 1. The number of hydrogen-bond donors (Lipinski definition) is 1. The van der Waals surface area contributed by atoms with Crippen LogP contribution in [0.25, 0.3) is 0 Å². The molecule has 1 aliphatic rings. The molecule has 0 saturated heterocycles. The Balaban J connectivity index is 1.98. The van der Waals surface area contributed by atoms with E-state index in [9.17, 15) is 18.0 Å². The first-order valence-corrected chi connectivity index (χ1v) is 6.83. The largest absolute Gasteiger partial charge is 0.462 e. The minimum atomic E-state index is -4.62. The number of allylic oxidation sites excluding steroid dienone is 1. The van der Waals surface area contributed by atoms with Crippen molar-refractivity contribution in [3.63, 3.8) is 0 Å². The second-order valence-corrected chi connectivity index (χ2v) is 4.88. The Morgan fingerprint density at radius 3 is 2.83 bits per heavy atom. The van der Waals surface area contributed by atoms with Crippen LogP contribution >= 0.6 is 0 Å². The van der Waals surface area contributed by atoms with Crippen molar-refractivity contribution in [1.82, 2.24) is 20.2 Å². The third kappa shape index (κ3) is 2.90. The van der Waals surface area contributed by atoms with Crippen LogP contribution < -0.4 is 5.43 Å². The normalized spacial score (nSPS) is 20.4. The summed E-state index contributed by atoms with van der Waals surface area (Å²) in [7, 11) is 0. The van der Waals surface area contributed by atoms with E-state index in [0.29, 0.717) is 0 Å². The van der Waals surface area contributed by atoms with Crippen molar-refractivity contribution < 1.29 is 22.4 Å². The molecule has 24 heavy (non-hydrogen) atoms. The van der Waals surface area contributed by atoms with Crippen LogP contribution in [0.5, 0.6) is 0 Å². The Labute approximate surface area is 134 Å². The van der Waals surface area contributed by atoms with Crippen molar-refractivity contribution in [3.05, 3.63) is 54.9 Å². The van der Waals surface area contributed by atoms with Crippen molar-refractivity contribution in [2.75, 3.05) is 0 Å². The van der Waals surface area contributed by atoms with Gasteiger partial charge < -0.3 is 4.42 Å². The van der Waals surface area contributed by atoms with Crippen LogP contribution in [0.2, 0.25) is 0 Å². The van der Waals surface area contributed by atoms with Gasteiger partial charge in [0.25, 0.3) is 0 Å². The fourth-order valence-corrected chi connectivity index (χ4v) is 2.30. The van der Waals surface area contributed by atoms with Gasteiger partial charge in [0.05, 0.1) is 6.26 Å². The Hall–Kier alpha value is -3.04. The topological polar surface area (TPSA) is 75.7 Å². The van der Waals surface area contributed by atoms with Gasteiger partial charge in [-0.1, -0.05) is 0 Å². The van der Waals surface area contributed by atoms with Gasteiger partial charge in [-0.3, -0.25) is 10.2 Å². The van der Waals surface area contributed by atoms with E-state index >= 15 is 0 Å². The van der Waals surface area contributed by atoms with E-state index in [-0.39, 0.29) is 5.76 Å². The number of nitrogens with one attached hydrogen (secondary N) is 1. The quantitative estimate of drug-likeness (QED) is 0.925. The molecule has 10 heteroatoms. The number of furan rings is 1. The number of aliphatic imine (C=N–C) groups is 1. The van der Waals surface area contributed by atoms with Crippen LogP contribution in [0.1, 0.15) is 12.2 Å². The van der Waals surface area contributed by atoms with Crippen LogP contribution in [0.4, 0.5) is 13.2 Å². The fourth-order valence-electron chi connectivity index (χ4n) is 2.30. The average molecular weight is 339 g/mol. The molecule has 1 atom stereocenters. The van der Waals surface area contributed by atoms with E-state index in [1.807, 2.05) is 0 Å². The molecule has 2 aromatic heterocycles. The molecule has 7 nitrogen and oxygen atoms in total. The molecule has 0 fully saturated rings. The van der Waals surface area contributed by atoms with Crippen LogP contribution in [0, 0.1) is 0 Å². The van der Waals surface area contributed by atoms with E-state index in [0.717, 1.165) is 5.01 Å². The molecule has 1 unspecified atom stereocenters. The van der Waals surface area contributed by atoms with Crippen molar-refractivity contribution in [2.24, 2.45) is 4.99 Å². The number of aromatic nitrogens is 2. The van der Waals surface area contributed by atoms with Crippen LogP contribution in [0.15, 0.2) is 58.5 Å². The van der Waals surface area contributed by atoms with E-state index in [4.69, 9.17) is 4.42 Å². The standard InChI is InChI=1S/C14H12F3N5O2/c15-13(16,17)10-12(23)20-22-8-2-5-18-14(22,11-4-1-9-24-11)21-7-3-6-19-21/h1-9H,10H2,(H,20,23). The first kappa shape index (κ1) is 15.8.